The van der Waals surface area contributed by atoms with E-state index in [1.54, 1.807) is 0 Å². The molecule has 1 amide bonds. The molecule has 0 aliphatic heterocycles. The Kier molecular flexibility index (Phi) is 4.78. The van der Waals surface area contributed by atoms with Crippen molar-refractivity contribution in [3.63, 3.8) is 0 Å². The van der Waals surface area contributed by atoms with Gasteiger partial charge in [0.1, 0.15) is 11.3 Å². The zero-order valence-electron chi connectivity index (χ0n) is 13.9. The number of carbonyl (C=O) groups excluding carboxylic acids is 1. The molecular formula is C17H10ClF6N3O. The second kappa shape index (κ2) is 6.69. The van der Waals surface area contributed by atoms with Crippen molar-refractivity contribution in [2.24, 2.45) is 0 Å². The molecule has 3 rings (SSSR count). The molecule has 0 aliphatic rings. The third-order valence-corrected chi connectivity index (χ3v) is 4.04. The smallest absolute Gasteiger partial charge is 0.321 e. The predicted octanol–water partition coefficient (Wildman–Crippen LogP) is 5.59. The van der Waals surface area contributed by atoms with Gasteiger partial charge in [0.05, 0.1) is 21.8 Å². The van der Waals surface area contributed by atoms with Crippen LogP contribution >= 0.6 is 11.6 Å². The number of aromatic nitrogens is 2. The van der Waals surface area contributed by atoms with E-state index in [0.29, 0.717) is 17.8 Å². The maximum absolute atomic E-state index is 13.0. The zero-order chi connectivity index (χ0) is 20.9. The molecule has 0 spiro atoms. The Labute approximate surface area is 158 Å². The lowest BCUT2D eigenvalue weighted by Gasteiger charge is -2.15. The fourth-order valence-electron chi connectivity index (χ4n) is 2.63. The van der Waals surface area contributed by atoms with Crippen molar-refractivity contribution in [3.8, 4) is 0 Å². The van der Waals surface area contributed by atoms with Crippen molar-refractivity contribution in [2.45, 2.75) is 19.3 Å². The quantitative estimate of drug-likeness (QED) is 0.549. The molecule has 0 atom stereocenters. The van der Waals surface area contributed by atoms with Crippen LogP contribution in [0.5, 0.6) is 0 Å². The first-order valence-electron chi connectivity index (χ1n) is 7.61. The number of hydrogen-bond acceptors (Lipinski definition) is 2. The number of fused-ring (bicyclic) bond motifs is 1. The summed E-state index contributed by atoms with van der Waals surface area (Å²) in [4.78, 5) is 16.7. The Hall–Kier alpha value is -2.75. The molecule has 2 aromatic heterocycles. The van der Waals surface area contributed by atoms with Crippen molar-refractivity contribution in [1.82, 2.24) is 9.38 Å². The van der Waals surface area contributed by atoms with Crippen molar-refractivity contribution in [2.75, 3.05) is 5.32 Å². The minimum Gasteiger partial charge on any atom is -0.321 e. The number of aryl methyl sites for hydroxylation is 1. The molecule has 4 nitrogen and oxygen atoms in total. The Morgan fingerprint density at radius 3 is 2.14 bits per heavy atom. The van der Waals surface area contributed by atoms with Gasteiger partial charge in [-0.3, -0.25) is 9.20 Å². The molecule has 3 aromatic rings. The Morgan fingerprint density at radius 2 is 1.61 bits per heavy atom. The van der Waals surface area contributed by atoms with Gasteiger partial charge in [-0.1, -0.05) is 11.6 Å². The summed E-state index contributed by atoms with van der Waals surface area (Å²) in [5.41, 5.74) is -3.21. The number of amides is 1. The highest BCUT2D eigenvalue weighted by molar-refractivity contribution is 6.30. The summed E-state index contributed by atoms with van der Waals surface area (Å²) < 4.78 is 79.0. The summed E-state index contributed by atoms with van der Waals surface area (Å²) in [6, 6.07) is 3.87. The summed E-state index contributed by atoms with van der Waals surface area (Å²) in [6.45, 7) is 1.48. The Morgan fingerprint density at radius 1 is 1.04 bits per heavy atom. The minimum absolute atomic E-state index is 0.0189. The van der Waals surface area contributed by atoms with E-state index in [1.807, 2.05) is 0 Å². The molecule has 0 saturated heterocycles. The van der Waals surface area contributed by atoms with E-state index in [-0.39, 0.29) is 22.5 Å². The highest BCUT2D eigenvalue weighted by Gasteiger charge is 2.37. The van der Waals surface area contributed by atoms with Gasteiger partial charge in [-0.2, -0.15) is 26.3 Å². The van der Waals surface area contributed by atoms with Crippen LogP contribution in [-0.2, 0) is 12.4 Å². The van der Waals surface area contributed by atoms with Crippen LogP contribution in [0.15, 0.2) is 36.5 Å². The van der Waals surface area contributed by atoms with Gasteiger partial charge in [0.2, 0.25) is 0 Å². The topological polar surface area (TPSA) is 46.4 Å². The van der Waals surface area contributed by atoms with Gasteiger partial charge in [-0.15, -0.1) is 0 Å². The van der Waals surface area contributed by atoms with Gasteiger partial charge in [-0.05, 0) is 37.3 Å². The number of alkyl halides is 6. The fraction of sp³-hybridized carbons (Fsp3) is 0.176. The molecular weight excluding hydrogens is 412 g/mol. The van der Waals surface area contributed by atoms with Crippen LogP contribution in [0.2, 0.25) is 5.02 Å². The van der Waals surface area contributed by atoms with Crippen LogP contribution in [0.1, 0.15) is 27.3 Å². The summed E-state index contributed by atoms with van der Waals surface area (Å²) in [7, 11) is 0. The summed E-state index contributed by atoms with van der Waals surface area (Å²) in [6.07, 6.45) is -8.68. The minimum atomic E-state index is -5.02. The number of halogens is 7. The van der Waals surface area contributed by atoms with Gasteiger partial charge in [-0.25, -0.2) is 4.98 Å². The number of imidazole rings is 1. The second-order valence-electron chi connectivity index (χ2n) is 5.87. The molecule has 0 fully saturated rings. The number of benzene rings is 1. The fourth-order valence-corrected chi connectivity index (χ4v) is 2.79. The lowest BCUT2D eigenvalue weighted by atomic mass is 10.1. The standard InChI is InChI=1S/C17H10ClF6N3O/c1-8-14(27-7-11(18)2-3-13(27)25-8)15(28)26-12-5-9(16(19,20)21)4-10(6-12)17(22,23)24/h2-7H,1H3,(H,26,28). The summed E-state index contributed by atoms with van der Waals surface area (Å²) in [5.74, 6) is -0.931. The number of rotatable bonds is 2. The molecule has 0 saturated carbocycles. The molecule has 1 N–H and O–H groups in total. The van der Waals surface area contributed by atoms with Crippen molar-refractivity contribution in [1.29, 1.82) is 0 Å². The lowest BCUT2D eigenvalue weighted by Crippen LogP contribution is -2.18. The van der Waals surface area contributed by atoms with E-state index >= 15 is 0 Å². The molecule has 0 aliphatic carbocycles. The first-order valence-corrected chi connectivity index (χ1v) is 7.99. The number of carbonyl (C=O) groups is 1. The van der Waals surface area contributed by atoms with Gasteiger partial charge < -0.3 is 5.32 Å². The molecule has 0 bridgehead atoms. The first kappa shape index (κ1) is 20.0. The molecule has 1 aromatic carbocycles. The molecule has 148 valence electrons. The summed E-state index contributed by atoms with van der Waals surface area (Å²) in [5, 5.41) is 2.34. The number of nitrogens with one attached hydrogen (secondary N) is 1. The van der Waals surface area contributed by atoms with Crippen LogP contribution in [-0.4, -0.2) is 15.3 Å². The number of anilines is 1. The van der Waals surface area contributed by atoms with E-state index in [2.05, 4.69) is 10.3 Å². The van der Waals surface area contributed by atoms with Crippen LogP contribution < -0.4 is 5.32 Å². The number of nitrogens with zero attached hydrogens (tertiary/aromatic N) is 2. The highest BCUT2D eigenvalue weighted by atomic mass is 35.5. The van der Waals surface area contributed by atoms with Crippen molar-refractivity contribution < 1.29 is 31.1 Å². The highest BCUT2D eigenvalue weighted by Crippen LogP contribution is 2.37. The second-order valence-corrected chi connectivity index (χ2v) is 6.31. The van der Waals surface area contributed by atoms with Gasteiger partial charge in [0.15, 0.2) is 0 Å². The van der Waals surface area contributed by atoms with E-state index in [0.717, 1.165) is 0 Å². The number of pyridine rings is 1. The van der Waals surface area contributed by atoms with Crippen LogP contribution in [0, 0.1) is 6.92 Å². The maximum Gasteiger partial charge on any atom is 0.416 e. The van der Waals surface area contributed by atoms with E-state index in [9.17, 15) is 31.1 Å². The third kappa shape index (κ3) is 3.91. The molecule has 11 heteroatoms. The summed E-state index contributed by atoms with van der Waals surface area (Å²) >= 11 is 5.88. The van der Waals surface area contributed by atoms with E-state index in [1.165, 1.54) is 29.7 Å². The van der Waals surface area contributed by atoms with Gasteiger partial charge in [0.25, 0.3) is 5.91 Å². The molecule has 0 radical (unpaired) electrons. The zero-order valence-corrected chi connectivity index (χ0v) is 14.7. The molecule has 28 heavy (non-hydrogen) atoms. The third-order valence-electron chi connectivity index (χ3n) is 3.82. The van der Waals surface area contributed by atoms with Crippen molar-refractivity contribution >= 4 is 28.8 Å². The first-order chi connectivity index (χ1) is 12.9. The largest absolute Gasteiger partial charge is 0.416 e. The molecule has 2 heterocycles. The van der Waals surface area contributed by atoms with Crippen LogP contribution in [0.25, 0.3) is 5.65 Å². The lowest BCUT2D eigenvalue weighted by molar-refractivity contribution is -0.143. The Bertz CT molecular complexity index is 1040. The average Bonchev–Trinajstić information content (AvgIpc) is 2.88. The van der Waals surface area contributed by atoms with E-state index < -0.39 is 35.1 Å². The monoisotopic (exact) mass is 421 g/mol. The van der Waals surface area contributed by atoms with E-state index in [4.69, 9.17) is 11.6 Å². The van der Waals surface area contributed by atoms with Crippen molar-refractivity contribution in [3.05, 3.63) is 64.1 Å². The van der Waals surface area contributed by atoms with Gasteiger partial charge >= 0.3 is 12.4 Å². The van der Waals surface area contributed by atoms with Crippen LogP contribution in [0.4, 0.5) is 32.0 Å². The molecule has 0 unspecified atom stereocenters. The number of hydrogen-bond donors (Lipinski definition) is 1. The maximum atomic E-state index is 13.0. The normalized spacial score (nSPS) is 12.4. The van der Waals surface area contributed by atoms with Gasteiger partial charge in [0, 0.05) is 11.9 Å². The Balaban J connectivity index is 2.05. The SMILES string of the molecule is Cc1nc2ccc(Cl)cn2c1C(=O)Nc1cc(C(F)(F)F)cc(C(F)(F)F)c1. The van der Waals surface area contributed by atoms with Crippen LogP contribution in [0.3, 0.4) is 0 Å². The average molecular weight is 422 g/mol. The predicted molar refractivity (Wildman–Crippen MR) is 89.3 cm³/mol.